The molecule has 1 aromatic rings. The third kappa shape index (κ3) is 4.35. The van der Waals surface area contributed by atoms with E-state index in [4.69, 9.17) is 0 Å². The van der Waals surface area contributed by atoms with Crippen LogP contribution in [-0.4, -0.2) is 30.4 Å². The minimum atomic E-state index is 0.0428. The van der Waals surface area contributed by atoms with Crippen LogP contribution in [0, 0.1) is 0 Å². The molecule has 104 valence electrons. The summed E-state index contributed by atoms with van der Waals surface area (Å²) in [6.45, 7) is 6.32. The lowest BCUT2D eigenvalue weighted by atomic mass is 10.1. The fourth-order valence-electron chi connectivity index (χ4n) is 2.44. The fraction of sp³-hybridized carbons (Fsp3) is 0.562. The number of benzene rings is 1. The van der Waals surface area contributed by atoms with Crippen LogP contribution in [0.3, 0.4) is 0 Å². The lowest BCUT2D eigenvalue weighted by Crippen LogP contribution is -2.24. The summed E-state index contributed by atoms with van der Waals surface area (Å²) in [4.78, 5) is 14.3. The van der Waals surface area contributed by atoms with Crippen molar-refractivity contribution in [3.63, 3.8) is 0 Å². The summed E-state index contributed by atoms with van der Waals surface area (Å²) in [6, 6.07) is 8.03. The zero-order chi connectivity index (χ0) is 13.5. The molecule has 1 fully saturated rings. The second-order valence-corrected chi connectivity index (χ2v) is 5.29. The molecule has 19 heavy (non-hydrogen) atoms. The second kappa shape index (κ2) is 7.29. The molecule has 1 amide bonds. The molecule has 0 unspecified atom stereocenters. The van der Waals surface area contributed by atoms with Crippen LogP contribution in [0.1, 0.15) is 48.5 Å². The first kappa shape index (κ1) is 14.1. The predicted octanol–water partition coefficient (Wildman–Crippen LogP) is 2.81. The van der Waals surface area contributed by atoms with Gasteiger partial charge in [-0.3, -0.25) is 9.69 Å². The minimum absolute atomic E-state index is 0.0428. The number of carbonyl (C=O) groups excluding carboxylic acids is 1. The van der Waals surface area contributed by atoms with E-state index in [1.807, 2.05) is 12.1 Å². The van der Waals surface area contributed by atoms with Crippen LogP contribution >= 0.6 is 0 Å². The van der Waals surface area contributed by atoms with E-state index < -0.39 is 0 Å². The number of nitrogens with zero attached hydrogens (tertiary/aromatic N) is 1. The molecule has 1 saturated heterocycles. The van der Waals surface area contributed by atoms with Crippen LogP contribution < -0.4 is 5.32 Å². The molecule has 3 heteroatoms. The molecule has 0 bridgehead atoms. The predicted molar refractivity (Wildman–Crippen MR) is 78.2 cm³/mol. The normalized spacial score (nSPS) is 15.6. The number of amides is 1. The zero-order valence-corrected chi connectivity index (χ0v) is 11.8. The van der Waals surface area contributed by atoms with Crippen molar-refractivity contribution in [3.8, 4) is 0 Å². The quantitative estimate of drug-likeness (QED) is 0.798. The molecule has 1 aromatic carbocycles. The maximum absolute atomic E-state index is 11.9. The highest BCUT2D eigenvalue weighted by molar-refractivity contribution is 5.94. The van der Waals surface area contributed by atoms with Crippen LogP contribution in [0.15, 0.2) is 24.3 Å². The minimum Gasteiger partial charge on any atom is -0.352 e. The monoisotopic (exact) mass is 260 g/mol. The maximum Gasteiger partial charge on any atom is 0.251 e. The SMILES string of the molecule is CCCCNC(=O)c1ccc(CN2CCCC2)cc1. The number of carbonyl (C=O) groups is 1. The Morgan fingerprint density at radius 2 is 1.89 bits per heavy atom. The summed E-state index contributed by atoms with van der Waals surface area (Å²) in [5.41, 5.74) is 2.06. The Kier molecular flexibility index (Phi) is 5.40. The van der Waals surface area contributed by atoms with E-state index in [1.54, 1.807) is 0 Å². The number of unbranched alkanes of at least 4 members (excludes halogenated alkanes) is 1. The van der Waals surface area contributed by atoms with Crippen molar-refractivity contribution in [1.29, 1.82) is 0 Å². The van der Waals surface area contributed by atoms with Gasteiger partial charge in [0, 0.05) is 18.7 Å². The summed E-state index contributed by atoms with van der Waals surface area (Å²) < 4.78 is 0. The van der Waals surface area contributed by atoms with Crippen molar-refractivity contribution in [2.75, 3.05) is 19.6 Å². The van der Waals surface area contributed by atoms with Gasteiger partial charge in [0.15, 0.2) is 0 Å². The van der Waals surface area contributed by atoms with Gasteiger partial charge in [-0.1, -0.05) is 25.5 Å². The highest BCUT2D eigenvalue weighted by Gasteiger charge is 2.12. The van der Waals surface area contributed by atoms with Gasteiger partial charge in [-0.15, -0.1) is 0 Å². The Labute approximate surface area is 116 Å². The van der Waals surface area contributed by atoms with Crippen molar-refractivity contribution in [1.82, 2.24) is 10.2 Å². The smallest absolute Gasteiger partial charge is 0.251 e. The van der Waals surface area contributed by atoms with Crippen LogP contribution in [0.2, 0.25) is 0 Å². The number of rotatable bonds is 6. The van der Waals surface area contributed by atoms with Crippen molar-refractivity contribution in [3.05, 3.63) is 35.4 Å². The molecule has 0 aliphatic carbocycles. The first-order valence-corrected chi connectivity index (χ1v) is 7.39. The third-order valence-corrected chi connectivity index (χ3v) is 3.64. The number of likely N-dealkylation sites (tertiary alicyclic amines) is 1. The number of nitrogens with one attached hydrogen (secondary N) is 1. The highest BCUT2D eigenvalue weighted by Crippen LogP contribution is 2.13. The van der Waals surface area contributed by atoms with E-state index in [2.05, 4.69) is 29.3 Å². The van der Waals surface area contributed by atoms with Gasteiger partial charge in [0.2, 0.25) is 0 Å². The standard InChI is InChI=1S/C16H24N2O/c1-2-3-10-17-16(19)15-8-6-14(7-9-15)13-18-11-4-5-12-18/h6-9H,2-5,10-13H2,1H3,(H,17,19). The van der Waals surface area contributed by atoms with Crippen LogP contribution in [0.4, 0.5) is 0 Å². The van der Waals surface area contributed by atoms with Gasteiger partial charge >= 0.3 is 0 Å². The van der Waals surface area contributed by atoms with Gasteiger partial charge in [0.25, 0.3) is 5.91 Å². The molecule has 1 N–H and O–H groups in total. The maximum atomic E-state index is 11.9. The molecule has 0 radical (unpaired) electrons. The molecular formula is C16H24N2O. The molecule has 3 nitrogen and oxygen atoms in total. The van der Waals surface area contributed by atoms with Gasteiger partial charge < -0.3 is 5.32 Å². The summed E-state index contributed by atoms with van der Waals surface area (Å²) in [7, 11) is 0. The first-order valence-electron chi connectivity index (χ1n) is 7.39. The Morgan fingerprint density at radius 1 is 1.21 bits per heavy atom. The Morgan fingerprint density at radius 3 is 2.53 bits per heavy atom. The van der Waals surface area contributed by atoms with Crippen LogP contribution in [-0.2, 0) is 6.54 Å². The molecule has 1 heterocycles. The fourth-order valence-corrected chi connectivity index (χ4v) is 2.44. The molecule has 1 aliphatic rings. The van der Waals surface area contributed by atoms with E-state index in [-0.39, 0.29) is 5.91 Å². The average Bonchev–Trinajstić information content (AvgIpc) is 2.93. The topological polar surface area (TPSA) is 32.3 Å². The summed E-state index contributed by atoms with van der Waals surface area (Å²) in [6.07, 6.45) is 4.78. The molecule has 0 saturated carbocycles. The van der Waals surface area contributed by atoms with E-state index in [0.29, 0.717) is 0 Å². The van der Waals surface area contributed by atoms with Gasteiger partial charge in [-0.25, -0.2) is 0 Å². The third-order valence-electron chi connectivity index (χ3n) is 3.64. The van der Waals surface area contributed by atoms with E-state index in [1.165, 1.54) is 31.5 Å². The Hall–Kier alpha value is -1.35. The molecular weight excluding hydrogens is 236 g/mol. The molecule has 1 aliphatic heterocycles. The first-order chi connectivity index (χ1) is 9.29. The summed E-state index contributed by atoms with van der Waals surface area (Å²) >= 11 is 0. The largest absolute Gasteiger partial charge is 0.352 e. The average molecular weight is 260 g/mol. The Balaban J connectivity index is 1.84. The van der Waals surface area contributed by atoms with E-state index >= 15 is 0 Å². The highest BCUT2D eigenvalue weighted by atomic mass is 16.1. The lowest BCUT2D eigenvalue weighted by molar-refractivity contribution is 0.0953. The molecule has 2 rings (SSSR count). The van der Waals surface area contributed by atoms with Gasteiger partial charge in [0.1, 0.15) is 0 Å². The number of hydrogen-bond donors (Lipinski definition) is 1. The van der Waals surface area contributed by atoms with Crippen molar-refractivity contribution < 1.29 is 4.79 Å². The lowest BCUT2D eigenvalue weighted by Gasteiger charge is -2.14. The Bertz CT molecular complexity index is 394. The second-order valence-electron chi connectivity index (χ2n) is 5.29. The molecule has 0 aromatic heterocycles. The van der Waals surface area contributed by atoms with Gasteiger partial charge in [-0.2, -0.15) is 0 Å². The summed E-state index contributed by atoms with van der Waals surface area (Å²) in [5.74, 6) is 0.0428. The summed E-state index contributed by atoms with van der Waals surface area (Å²) in [5, 5.41) is 2.94. The zero-order valence-electron chi connectivity index (χ0n) is 11.8. The van der Waals surface area contributed by atoms with Crippen LogP contribution in [0.5, 0.6) is 0 Å². The van der Waals surface area contributed by atoms with Crippen molar-refractivity contribution in [2.24, 2.45) is 0 Å². The van der Waals surface area contributed by atoms with E-state index in [0.717, 1.165) is 31.5 Å². The van der Waals surface area contributed by atoms with Crippen molar-refractivity contribution in [2.45, 2.75) is 39.2 Å². The van der Waals surface area contributed by atoms with Gasteiger partial charge in [0.05, 0.1) is 0 Å². The van der Waals surface area contributed by atoms with Gasteiger partial charge in [-0.05, 0) is 50.0 Å². The van der Waals surface area contributed by atoms with Crippen LogP contribution in [0.25, 0.3) is 0 Å². The van der Waals surface area contributed by atoms with E-state index in [9.17, 15) is 4.79 Å². The molecule has 0 atom stereocenters. The van der Waals surface area contributed by atoms with Crippen molar-refractivity contribution >= 4 is 5.91 Å². The number of hydrogen-bond acceptors (Lipinski definition) is 2. The molecule has 0 spiro atoms.